The van der Waals surface area contributed by atoms with Crippen LogP contribution in [0.3, 0.4) is 0 Å². The zero-order valence-electron chi connectivity index (χ0n) is 12.3. The molecule has 22 heavy (non-hydrogen) atoms. The first-order valence-corrected chi connectivity index (χ1v) is 7.33. The van der Waals surface area contributed by atoms with Crippen molar-refractivity contribution in [3.05, 3.63) is 59.1 Å². The molecule has 0 aliphatic rings. The van der Waals surface area contributed by atoms with E-state index < -0.39 is 0 Å². The molecular formula is C17H18ClNO3. The van der Waals surface area contributed by atoms with E-state index in [1.807, 2.05) is 24.3 Å². The van der Waals surface area contributed by atoms with Crippen molar-refractivity contribution in [1.82, 2.24) is 5.32 Å². The second-order valence-corrected chi connectivity index (χ2v) is 5.13. The number of methoxy groups -OCH3 is 1. The van der Waals surface area contributed by atoms with E-state index in [2.05, 4.69) is 5.32 Å². The van der Waals surface area contributed by atoms with Crippen LogP contribution in [0.1, 0.15) is 5.56 Å². The van der Waals surface area contributed by atoms with Gasteiger partial charge in [-0.15, -0.1) is 0 Å². The van der Waals surface area contributed by atoms with Crippen LogP contribution in [-0.2, 0) is 11.2 Å². The Kier molecular flexibility index (Phi) is 6.10. The highest BCUT2D eigenvalue weighted by Gasteiger charge is 2.03. The molecule has 4 nitrogen and oxygen atoms in total. The van der Waals surface area contributed by atoms with E-state index in [4.69, 9.17) is 21.1 Å². The Morgan fingerprint density at radius 2 is 1.86 bits per heavy atom. The minimum Gasteiger partial charge on any atom is -0.497 e. The van der Waals surface area contributed by atoms with Gasteiger partial charge in [0, 0.05) is 11.6 Å². The van der Waals surface area contributed by atoms with E-state index in [1.165, 1.54) is 0 Å². The Morgan fingerprint density at radius 3 is 2.55 bits per heavy atom. The number of ether oxygens (including phenoxy) is 2. The first-order chi connectivity index (χ1) is 10.7. The van der Waals surface area contributed by atoms with Crippen LogP contribution in [-0.4, -0.2) is 26.2 Å². The second kappa shape index (κ2) is 8.29. The summed E-state index contributed by atoms with van der Waals surface area (Å²) in [6.45, 7) is 0.535. The summed E-state index contributed by atoms with van der Waals surface area (Å²) in [5, 5.41) is 3.51. The molecule has 1 amide bonds. The molecule has 2 rings (SSSR count). The van der Waals surface area contributed by atoms with E-state index in [0.29, 0.717) is 17.3 Å². The van der Waals surface area contributed by atoms with Crippen molar-refractivity contribution in [2.75, 3.05) is 20.3 Å². The maximum absolute atomic E-state index is 11.7. The van der Waals surface area contributed by atoms with Crippen molar-refractivity contribution < 1.29 is 14.3 Å². The van der Waals surface area contributed by atoms with Gasteiger partial charge in [0.2, 0.25) is 0 Å². The van der Waals surface area contributed by atoms with E-state index in [9.17, 15) is 4.79 Å². The summed E-state index contributed by atoms with van der Waals surface area (Å²) in [6, 6.07) is 14.7. The molecule has 0 fully saturated rings. The van der Waals surface area contributed by atoms with Crippen molar-refractivity contribution >= 4 is 17.5 Å². The number of carbonyl (C=O) groups excluding carboxylic acids is 1. The van der Waals surface area contributed by atoms with E-state index in [-0.39, 0.29) is 12.5 Å². The van der Waals surface area contributed by atoms with Crippen LogP contribution in [0.5, 0.6) is 11.5 Å². The summed E-state index contributed by atoms with van der Waals surface area (Å²) >= 11 is 5.91. The third-order valence-electron chi connectivity index (χ3n) is 3.05. The molecule has 0 saturated carbocycles. The highest BCUT2D eigenvalue weighted by atomic mass is 35.5. The topological polar surface area (TPSA) is 47.6 Å². The number of hydrogen-bond acceptors (Lipinski definition) is 3. The van der Waals surface area contributed by atoms with Crippen LogP contribution in [0, 0.1) is 0 Å². The largest absolute Gasteiger partial charge is 0.497 e. The summed E-state index contributed by atoms with van der Waals surface area (Å²) in [4.78, 5) is 11.7. The molecule has 0 heterocycles. The lowest BCUT2D eigenvalue weighted by atomic mass is 10.1. The van der Waals surface area contributed by atoms with Crippen molar-refractivity contribution in [1.29, 1.82) is 0 Å². The number of rotatable bonds is 7. The summed E-state index contributed by atoms with van der Waals surface area (Å²) in [7, 11) is 1.60. The standard InChI is InChI=1S/C17H18ClNO3/c1-21-15-5-7-16(8-6-15)22-12-17(20)19-10-9-13-3-2-4-14(18)11-13/h2-8,11H,9-10,12H2,1H3,(H,19,20). The normalized spacial score (nSPS) is 10.1. The zero-order chi connectivity index (χ0) is 15.8. The molecule has 0 unspecified atom stereocenters. The number of carbonyl (C=O) groups is 1. The van der Waals surface area contributed by atoms with Gasteiger partial charge < -0.3 is 14.8 Å². The molecule has 0 atom stereocenters. The summed E-state index contributed by atoms with van der Waals surface area (Å²) < 4.78 is 10.5. The second-order valence-electron chi connectivity index (χ2n) is 4.69. The maximum atomic E-state index is 11.7. The lowest BCUT2D eigenvalue weighted by molar-refractivity contribution is -0.123. The highest BCUT2D eigenvalue weighted by Crippen LogP contribution is 2.16. The molecule has 0 aromatic heterocycles. The van der Waals surface area contributed by atoms with Crippen LogP contribution in [0.25, 0.3) is 0 Å². The minimum atomic E-state index is -0.155. The number of benzene rings is 2. The summed E-state index contributed by atoms with van der Waals surface area (Å²) in [5.41, 5.74) is 1.09. The molecular weight excluding hydrogens is 302 g/mol. The fraction of sp³-hybridized carbons (Fsp3) is 0.235. The van der Waals surface area contributed by atoms with E-state index in [0.717, 1.165) is 17.7 Å². The number of nitrogens with one attached hydrogen (secondary N) is 1. The predicted molar refractivity (Wildman–Crippen MR) is 86.7 cm³/mol. The Hall–Kier alpha value is -2.20. The van der Waals surface area contributed by atoms with Crippen LogP contribution < -0.4 is 14.8 Å². The summed E-state index contributed by atoms with van der Waals surface area (Å²) in [5.74, 6) is 1.22. The van der Waals surface area contributed by atoms with Gasteiger partial charge in [-0.1, -0.05) is 23.7 Å². The molecule has 116 valence electrons. The smallest absolute Gasteiger partial charge is 0.257 e. The molecule has 0 bridgehead atoms. The van der Waals surface area contributed by atoms with Crippen molar-refractivity contribution in [3.63, 3.8) is 0 Å². The van der Waals surface area contributed by atoms with Gasteiger partial charge in [-0.05, 0) is 48.4 Å². The van der Waals surface area contributed by atoms with Crippen LogP contribution in [0.2, 0.25) is 5.02 Å². The van der Waals surface area contributed by atoms with Gasteiger partial charge >= 0.3 is 0 Å². The lowest BCUT2D eigenvalue weighted by Gasteiger charge is -2.08. The van der Waals surface area contributed by atoms with Gasteiger partial charge in [0.1, 0.15) is 11.5 Å². The molecule has 0 aliphatic carbocycles. The van der Waals surface area contributed by atoms with Gasteiger partial charge in [-0.2, -0.15) is 0 Å². The SMILES string of the molecule is COc1ccc(OCC(=O)NCCc2cccc(Cl)c2)cc1. The molecule has 0 spiro atoms. The molecule has 0 saturated heterocycles. The van der Waals surface area contributed by atoms with Crippen molar-refractivity contribution in [2.45, 2.75) is 6.42 Å². The van der Waals surface area contributed by atoms with Crippen LogP contribution >= 0.6 is 11.6 Å². The third kappa shape index (κ3) is 5.30. The molecule has 2 aromatic carbocycles. The third-order valence-corrected chi connectivity index (χ3v) is 3.29. The molecule has 1 N–H and O–H groups in total. The van der Waals surface area contributed by atoms with Gasteiger partial charge in [-0.3, -0.25) is 4.79 Å². The predicted octanol–water partition coefficient (Wildman–Crippen LogP) is 3.09. The Bertz CT molecular complexity index is 614. The molecule has 0 aliphatic heterocycles. The Labute approximate surface area is 135 Å². The minimum absolute atomic E-state index is 0.0120. The maximum Gasteiger partial charge on any atom is 0.257 e. The highest BCUT2D eigenvalue weighted by molar-refractivity contribution is 6.30. The zero-order valence-corrected chi connectivity index (χ0v) is 13.1. The van der Waals surface area contributed by atoms with Gasteiger partial charge in [0.15, 0.2) is 6.61 Å². The van der Waals surface area contributed by atoms with Gasteiger partial charge in [-0.25, -0.2) is 0 Å². The fourth-order valence-corrected chi connectivity index (χ4v) is 2.12. The first-order valence-electron chi connectivity index (χ1n) is 6.95. The van der Waals surface area contributed by atoms with Gasteiger partial charge in [0.05, 0.1) is 7.11 Å². The van der Waals surface area contributed by atoms with Gasteiger partial charge in [0.25, 0.3) is 5.91 Å². The summed E-state index contributed by atoms with van der Waals surface area (Å²) in [6.07, 6.45) is 0.731. The van der Waals surface area contributed by atoms with E-state index >= 15 is 0 Å². The van der Waals surface area contributed by atoms with Crippen LogP contribution in [0.4, 0.5) is 0 Å². The number of halogens is 1. The quantitative estimate of drug-likeness (QED) is 0.853. The average molecular weight is 320 g/mol. The average Bonchev–Trinajstić information content (AvgIpc) is 2.53. The fourth-order valence-electron chi connectivity index (χ4n) is 1.91. The first kappa shape index (κ1) is 16.2. The van der Waals surface area contributed by atoms with Crippen LogP contribution in [0.15, 0.2) is 48.5 Å². The Balaban J connectivity index is 1.69. The molecule has 2 aromatic rings. The molecule has 0 radical (unpaired) electrons. The van der Waals surface area contributed by atoms with Crippen molar-refractivity contribution in [2.24, 2.45) is 0 Å². The van der Waals surface area contributed by atoms with E-state index in [1.54, 1.807) is 31.4 Å². The number of amides is 1. The van der Waals surface area contributed by atoms with Crippen molar-refractivity contribution in [3.8, 4) is 11.5 Å². The number of hydrogen-bond donors (Lipinski definition) is 1. The lowest BCUT2D eigenvalue weighted by Crippen LogP contribution is -2.30. The monoisotopic (exact) mass is 319 g/mol. The molecule has 5 heteroatoms. The Morgan fingerprint density at radius 1 is 1.14 bits per heavy atom.